The van der Waals surface area contributed by atoms with Crippen molar-refractivity contribution in [2.24, 2.45) is 0 Å². The minimum absolute atomic E-state index is 0.758. The summed E-state index contributed by atoms with van der Waals surface area (Å²) in [5.41, 5.74) is 0. The molecule has 0 aromatic rings. The van der Waals surface area contributed by atoms with Crippen LogP contribution in [0.1, 0.15) is 26.2 Å². The van der Waals surface area contributed by atoms with Crippen LogP contribution in [-0.2, 0) is 0 Å². The van der Waals surface area contributed by atoms with Gasteiger partial charge in [-0.15, -0.1) is 0 Å². The molecule has 0 unspecified atom stereocenters. The third-order valence-electron chi connectivity index (χ3n) is 0.886. The number of aliphatic hydroxyl groups excluding tert-OH is 1. The Balaban J connectivity index is 3.16. The van der Waals surface area contributed by atoms with E-state index < -0.39 is 6.29 Å². The lowest BCUT2D eigenvalue weighted by molar-refractivity contribution is 0.0107. The van der Waals surface area contributed by atoms with Gasteiger partial charge < -0.3 is 10.2 Å². The van der Waals surface area contributed by atoms with Gasteiger partial charge in [0.05, 0.1) is 0 Å². The molecule has 0 fully saturated rings. The van der Waals surface area contributed by atoms with Crippen molar-refractivity contribution >= 4 is 0 Å². The monoisotopic (exact) mass is 128 g/mol. The van der Waals surface area contributed by atoms with Gasteiger partial charge in [0.25, 0.3) is 0 Å². The summed E-state index contributed by atoms with van der Waals surface area (Å²) < 4.78 is 0. The Morgan fingerprint density at radius 3 is 2.56 bits per heavy atom. The first-order valence-corrected chi connectivity index (χ1v) is 3.12. The largest absolute Gasteiger partial charge is 0.358 e. The van der Waals surface area contributed by atoms with Crippen LogP contribution in [0.15, 0.2) is 0 Å². The summed E-state index contributed by atoms with van der Waals surface area (Å²) in [7, 11) is 0. The highest BCUT2D eigenvalue weighted by molar-refractivity contribution is 5.00. The van der Waals surface area contributed by atoms with Crippen molar-refractivity contribution in [1.82, 2.24) is 0 Å². The minimum atomic E-state index is -1.46. The molecule has 0 aromatic carbocycles. The molecule has 0 aliphatic carbocycles. The van der Waals surface area contributed by atoms with Gasteiger partial charge in [0.2, 0.25) is 6.29 Å². The molecule has 0 amide bonds. The SMILES string of the molecule is CCCCC#CC(O)O. The highest BCUT2D eigenvalue weighted by Gasteiger charge is 1.82. The third kappa shape index (κ3) is 7.48. The van der Waals surface area contributed by atoms with Gasteiger partial charge in [-0.25, -0.2) is 0 Å². The van der Waals surface area contributed by atoms with E-state index in [9.17, 15) is 0 Å². The fourth-order valence-corrected chi connectivity index (χ4v) is 0.429. The second kappa shape index (κ2) is 5.61. The van der Waals surface area contributed by atoms with Crippen LogP contribution in [0.2, 0.25) is 0 Å². The van der Waals surface area contributed by atoms with Gasteiger partial charge in [0.15, 0.2) is 0 Å². The van der Waals surface area contributed by atoms with E-state index in [2.05, 4.69) is 18.8 Å². The predicted molar refractivity (Wildman–Crippen MR) is 35.5 cm³/mol. The molecule has 0 saturated carbocycles. The first kappa shape index (κ1) is 8.48. The molecular formula is C7H12O2. The number of hydrogen-bond acceptors (Lipinski definition) is 2. The molecule has 9 heavy (non-hydrogen) atoms. The number of unbranched alkanes of at least 4 members (excludes halogenated alkanes) is 2. The molecule has 2 nitrogen and oxygen atoms in total. The van der Waals surface area contributed by atoms with Crippen molar-refractivity contribution < 1.29 is 10.2 Å². The second-order valence-corrected chi connectivity index (χ2v) is 1.80. The lowest BCUT2D eigenvalue weighted by Gasteiger charge is -1.87. The molecule has 0 aliphatic heterocycles. The van der Waals surface area contributed by atoms with Crippen molar-refractivity contribution in [2.45, 2.75) is 32.5 Å². The molecule has 0 radical (unpaired) electrons. The van der Waals surface area contributed by atoms with Gasteiger partial charge in [-0.3, -0.25) is 0 Å². The summed E-state index contributed by atoms with van der Waals surface area (Å²) in [6.07, 6.45) is 1.42. The first-order chi connectivity index (χ1) is 4.27. The van der Waals surface area contributed by atoms with Gasteiger partial charge in [-0.1, -0.05) is 19.3 Å². The van der Waals surface area contributed by atoms with Crippen molar-refractivity contribution in [2.75, 3.05) is 0 Å². The standard InChI is InChI=1S/C7H12O2/c1-2-3-4-5-6-7(8)9/h7-9H,2-4H2,1H3. The average molecular weight is 128 g/mol. The number of rotatable bonds is 2. The van der Waals surface area contributed by atoms with Crippen LogP contribution in [-0.4, -0.2) is 16.5 Å². The van der Waals surface area contributed by atoms with E-state index in [4.69, 9.17) is 10.2 Å². The molecule has 0 atom stereocenters. The van der Waals surface area contributed by atoms with Crippen LogP contribution < -0.4 is 0 Å². The molecule has 2 heteroatoms. The fourth-order valence-electron chi connectivity index (χ4n) is 0.429. The Hall–Kier alpha value is -0.520. The van der Waals surface area contributed by atoms with Crippen LogP contribution in [0.5, 0.6) is 0 Å². The average Bonchev–Trinajstić information content (AvgIpc) is 1.80. The minimum Gasteiger partial charge on any atom is -0.358 e. The molecule has 0 rings (SSSR count). The highest BCUT2D eigenvalue weighted by Crippen LogP contribution is 1.90. The molecule has 0 heterocycles. The Labute approximate surface area is 55.5 Å². The van der Waals surface area contributed by atoms with E-state index in [1.807, 2.05) is 0 Å². The smallest absolute Gasteiger partial charge is 0.217 e. The first-order valence-electron chi connectivity index (χ1n) is 3.12. The van der Waals surface area contributed by atoms with Gasteiger partial charge in [0, 0.05) is 6.42 Å². The highest BCUT2D eigenvalue weighted by atomic mass is 16.5. The van der Waals surface area contributed by atoms with E-state index in [0.29, 0.717) is 0 Å². The van der Waals surface area contributed by atoms with E-state index in [-0.39, 0.29) is 0 Å². The van der Waals surface area contributed by atoms with Gasteiger partial charge in [-0.2, -0.15) is 0 Å². The number of aliphatic hydroxyl groups is 2. The zero-order valence-corrected chi connectivity index (χ0v) is 5.59. The van der Waals surface area contributed by atoms with E-state index in [1.165, 1.54) is 0 Å². The Morgan fingerprint density at radius 2 is 2.11 bits per heavy atom. The maximum atomic E-state index is 8.23. The predicted octanol–water partition coefficient (Wildman–Crippen LogP) is 0.491. The van der Waals surface area contributed by atoms with E-state index in [0.717, 1.165) is 19.3 Å². The Morgan fingerprint density at radius 1 is 1.44 bits per heavy atom. The summed E-state index contributed by atoms with van der Waals surface area (Å²) >= 11 is 0. The topological polar surface area (TPSA) is 40.5 Å². The van der Waals surface area contributed by atoms with Gasteiger partial charge in [0.1, 0.15) is 0 Å². The molecule has 0 saturated heterocycles. The fraction of sp³-hybridized carbons (Fsp3) is 0.714. The van der Waals surface area contributed by atoms with Crippen LogP contribution in [0, 0.1) is 11.8 Å². The molecule has 0 bridgehead atoms. The van der Waals surface area contributed by atoms with E-state index >= 15 is 0 Å². The zero-order chi connectivity index (χ0) is 7.11. The molecular weight excluding hydrogens is 116 g/mol. The van der Waals surface area contributed by atoms with Crippen LogP contribution >= 0.6 is 0 Å². The Bertz CT molecular complexity index is 108. The van der Waals surface area contributed by atoms with Crippen LogP contribution in [0.3, 0.4) is 0 Å². The van der Waals surface area contributed by atoms with Crippen molar-refractivity contribution in [1.29, 1.82) is 0 Å². The Kier molecular flexibility index (Phi) is 5.29. The molecule has 0 spiro atoms. The third-order valence-corrected chi connectivity index (χ3v) is 0.886. The normalized spacial score (nSPS) is 8.89. The lowest BCUT2D eigenvalue weighted by atomic mass is 10.2. The quantitative estimate of drug-likeness (QED) is 0.323. The van der Waals surface area contributed by atoms with Gasteiger partial charge in [-0.05, 0) is 12.3 Å². The van der Waals surface area contributed by atoms with Crippen molar-refractivity contribution in [3.8, 4) is 11.8 Å². The van der Waals surface area contributed by atoms with Crippen LogP contribution in [0.4, 0.5) is 0 Å². The van der Waals surface area contributed by atoms with Crippen molar-refractivity contribution in [3.05, 3.63) is 0 Å². The van der Waals surface area contributed by atoms with Gasteiger partial charge >= 0.3 is 0 Å². The maximum absolute atomic E-state index is 8.23. The summed E-state index contributed by atoms with van der Waals surface area (Å²) in [5, 5.41) is 16.5. The van der Waals surface area contributed by atoms with Crippen LogP contribution in [0.25, 0.3) is 0 Å². The molecule has 52 valence electrons. The molecule has 0 aromatic heterocycles. The number of hydrogen-bond donors (Lipinski definition) is 2. The summed E-state index contributed by atoms with van der Waals surface area (Å²) in [6.45, 7) is 2.07. The molecule has 0 aliphatic rings. The summed E-state index contributed by atoms with van der Waals surface area (Å²) in [5.74, 6) is 4.88. The summed E-state index contributed by atoms with van der Waals surface area (Å²) in [4.78, 5) is 0. The lowest BCUT2D eigenvalue weighted by Crippen LogP contribution is -1.97. The zero-order valence-electron chi connectivity index (χ0n) is 5.59. The van der Waals surface area contributed by atoms with E-state index in [1.54, 1.807) is 0 Å². The second-order valence-electron chi connectivity index (χ2n) is 1.80. The van der Waals surface area contributed by atoms with Crippen molar-refractivity contribution in [3.63, 3.8) is 0 Å². The molecule has 2 N–H and O–H groups in total. The maximum Gasteiger partial charge on any atom is 0.217 e. The summed E-state index contributed by atoms with van der Waals surface area (Å²) in [6, 6.07) is 0.